The van der Waals surface area contributed by atoms with Gasteiger partial charge in [-0.1, -0.05) is 40.7 Å². The zero-order valence-electron chi connectivity index (χ0n) is 32.6. The minimum Gasteiger partial charge on any atom is -0.461 e. The Kier molecular flexibility index (Phi) is 13.2. The van der Waals surface area contributed by atoms with Gasteiger partial charge in [0.15, 0.2) is 30.5 Å². The zero-order chi connectivity index (χ0) is 41.2. The van der Waals surface area contributed by atoms with Crippen LogP contribution in [0.5, 0.6) is 0 Å². The van der Waals surface area contributed by atoms with Gasteiger partial charge < -0.3 is 48.1 Å². The first-order valence-electron chi connectivity index (χ1n) is 18.2. The molecule has 11 atom stereocenters. The lowest BCUT2D eigenvalue weighted by atomic mass is 9.51. The van der Waals surface area contributed by atoms with Crippen LogP contribution in [-0.2, 0) is 71.5 Å². The molecule has 2 saturated heterocycles. The third kappa shape index (κ3) is 9.04. The quantitative estimate of drug-likeness (QED) is 0.162. The van der Waals surface area contributed by atoms with Gasteiger partial charge in [0.1, 0.15) is 30.5 Å². The highest BCUT2D eigenvalue weighted by atomic mass is 16.6. The van der Waals surface area contributed by atoms with Crippen LogP contribution in [0.2, 0.25) is 0 Å². The van der Waals surface area contributed by atoms with Gasteiger partial charge in [0.05, 0.1) is 17.9 Å². The van der Waals surface area contributed by atoms with Gasteiger partial charge in [-0.05, 0) is 36.5 Å². The fourth-order valence-corrected chi connectivity index (χ4v) is 7.87. The predicted molar refractivity (Wildman–Crippen MR) is 185 cm³/mol. The molecule has 1 saturated carbocycles. The fourth-order valence-electron chi connectivity index (χ4n) is 7.87. The summed E-state index contributed by atoms with van der Waals surface area (Å²) in [6, 6.07) is 0. The number of epoxide rings is 1. The molecule has 0 radical (unpaired) electrons. The molecule has 1 spiro atoms. The first-order valence-corrected chi connectivity index (χ1v) is 18.2. The molecule has 11 unspecified atom stereocenters. The normalized spacial score (nSPS) is 35.1. The van der Waals surface area contributed by atoms with E-state index in [1.54, 1.807) is 13.8 Å². The van der Waals surface area contributed by atoms with Gasteiger partial charge in [0.25, 0.3) is 0 Å². The van der Waals surface area contributed by atoms with Gasteiger partial charge in [0, 0.05) is 39.5 Å². The van der Waals surface area contributed by atoms with E-state index in [2.05, 4.69) is 0 Å². The van der Waals surface area contributed by atoms with Crippen LogP contribution in [0.25, 0.3) is 0 Å². The van der Waals surface area contributed by atoms with Crippen LogP contribution in [0.1, 0.15) is 75.2 Å². The highest BCUT2D eigenvalue weighted by Crippen LogP contribution is 2.62. The van der Waals surface area contributed by atoms with Crippen LogP contribution in [0.15, 0.2) is 23.8 Å². The van der Waals surface area contributed by atoms with E-state index in [-0.39, 0.29) is 36.9 Å². The van der Waals surface area contributed by atoms with Crippen LogP contribution in [0, 0.1) is 29.1 Å². The van der Waals surface area contributed by atoms with Crippen molar-refractivity contribution in [3.63, 3.8) is 0 Å². The Morgan fingerprint density at radius 2 is 1.40 bits per heavy atom. The van der Waals surface area contributed by atoms with E-state index >= 15 is 0 Å². The van der Waals surface area contributed by atoms with Crippen LogP contribution < -0.4 is 0 Å². The van der Waals surface area contributed by atoms with E-state index in [9.17, 15) is 43.8 Å². The van der Waals surface area contributed by atoms with E-state index in [0.717, 1.165) is 20.8 Å². The highest BCUT2D eigenvalue weighted by Gasteiger charge is 2.80. The number of aliphatic hydroxyl groups excluding tert-OH is 1. The Balaban J connectivity index is 2.03. The summed E-state index contributed by atoms with van der Waals surface area (Å²) in [6.45, 7) is 11.5. The predicted octanol–water partition coefficient (Wildman–Crippen LogP) is 1.43. The molecule has 0 bridgehead atoms. The van der Waals surface area contributed by atoms with Crippen LogP contribution in [-0.4, -0.2) is 120 Å². The van der Waals surface area contributed by atoms with Crippen molar-refractivity contribution in [1.29, 1.82) is 0 Å². The zero-order valence-corrected chi connectivity index (χ0v) is 32.6. The Labute approximate surface area is 318 Å². The third-order valence-corrected chi connectivity index (χ3v) is 10.4. The number of ether oxygens (including phenoxy) is 8. The van der Waals surface area contributed by atoms with E-state index in [4.69, 9.17) is 37.9 Å². The summed E-state index contributed by atoms with van der Waals surface area (Å²) in [4.78, 5) is 90.5. The van der Waals surface area contributed by atoms with E-state index in [1.807, 2.05) is 13.8 Å². The summed E-state index contributed by atoms with van der Waals surface area (Å²) in [5.41, 5.74) is -6.19. The molecule has 2 aliphatic carbocycles. The highest BCUT2D eigenvalue weighted by molar-refractivity contribution is 5.78. The van der Waals surface area contributed by atoms with Crippen molar-refractivity contribution in [2.45, 2.75) is 123 Å². The average Bonchev–Trinajstić information content (AvgIpc) is 3.82. The molecule has 4 rings (SSSR count). The van der Waals surface area contributed by atoms with E-state index < -0.39 is 120 Å². The second kappa shape index (κ2) is 16.8. The Bertz CT molecular complexity index is 1590. The van der Waals surface area contributed by atoms with E-state index in [1.165, 1.54) is 32.1 Å². The molecule has 17 nitrogen and oxygen atoms in total. The van der Waals surface area contributed by atoms with Gasteiger partial charge in [-0.15, -0.1) is 0 Å². The minimum absolute atomic E-state index is 0.000781. The van der Waals surface area contributed by atoms with Gasteiger partial charge in [0.2, 0.25) is 0 Å². The number of hydrogen-bond donors (Lipinski definition) is 2. The molecule has 0 aromatic heterocycles. The molecular weight excluding hydrogens is 728 g/mol. The Morgan fingerprint density at radius 3 is 1.93 bits per heavy atom. The summed E-state index contributed by atoms with van der Waals surface area (Å²) < 4.78 is 45.7. The number of hydrogen-bond acceptors (Lipinski definition) is 17. The summed E-state index contributed by atoms with van der Waals surface area (Å²) in [7, 11) is 0. The molecule has 0 aromatic rings. The van der Waals surface area contributed by atoms with Crippen molar-refractivity contribution in [2.75, 3.05) is 19.8 Å². The number of esters is 7. The third-order valence-electron chi connectivity index (χ3n) is 10.4. The van der Waals surface area contributed by atoms with Crippen molar-refractivity contribution in [2.24, 2.45) is 29.1 Å². The SMILES string of the molecule is CC(=O)OC1C(O)C2(CO2)C2C(OC(C)=O)C3(O)C(C=C(COC(=O)CC(C)C)C=CC(OC(=O)COC(=O)CC(C)C)C2(C)C1OC(C)=O)OC(=O)C3C. The second-order valence-electron chi connectivity index (χ2n) is 15.7. The van der Waals surface area contributed by atoms with Gasteiger partial charge in [-0.2, -0.15) is 0 Å². The summed E-state index contributed by atoms with van der Waals surface area (Å²) >= 11 is 0. The Hall–Kier alpha value is -4.35. The lowest BCUT2D eigenvalue weighted by Crippen LogP contribution is -2.75. The molecule has 2 aliphatic heterocycles. The maximum Gasteiger partial charge on any atom is 0.344 e. The lowest BCUT2D eigenvalue weighted by molar-refractivity contribution is -0.277. The number of aliphatic hydroxyl groups is 2. The van der Waals surface area contributed by atoms with Gasteiger partial charge in [-0.25, -0.2) is 4.79 Å². The first-order chi connectivity index (χ1) is 25.6. The van der Waals surface area contributed by atoms with Crippen LogP contribution in [0.4, 0.5) is 0 Å². The average molecular weight is 781 g/mol. The van der Waals surface area contributed by atoms with Crippen LogP contribution >= 0.6 is 0 Å². The molecule has 2 heterocycles. The number of carbonyl (C=O) groups excluding carboxylic acids is 7. The minimum atomic E-state index is -2.47. The molecular formula is C38H52O17. The van der Waals surface area contributed by atoms with Crippen molar-refractivity contribution in [3.8, 4) is 0 Å². The lowest BCUT2D eigenvalue weighted by Gasteiger charge is -2.58. The molecule has 0 amide bonds. The van der Waals surface area contributed by atoms with Crippen molar-refractivity contribution >= 4 is 41.8 Å². The summed E-state index contributed by atoms with van der Waals surface area (Å²) in [5.74, 6) is -9.13. The smallest absolute Gasteiger partial charge is 0.344 e. The van der Waals surface area contributed by atoms with Crippen LogP contribution in [0.3, 0.4) is 0 Å². The molecule has 2 N–H and O–H groups in total. The Morgan fingerprint density at radius 1 is 0.855 bits per heavy atom. The molecule has 0 aromatic carbocycles. The van der Waals surface area contributed by atoms with Crippen molar-refractivity contribution in [3.05, 3.63) is 23.8 Å². The number of fused-ring (bicyclic) bond motifs is 3. The number of rotatable bonds is 12. The van der Waals surface area contributed by atoms with Gasteiger partial charge in [-0.3, -0.25) is 28.8 Å². The summed E-state index contributed by atoms with van der Waals surface area (Å²) in [6.07, 6.45) is -6.25. The molecule has 3 fully saturated rings. The standard InChI is InChI=1S/C38H52O17/c1-18(2)12-27(42)48-15-24-10-11-25(54-29(44)16-49-28(43)13-19(3)4)36(9)31(34(53-23(8)41)38(47)20(5)35(46)55-26(38)14-24)37(17-50-37)32(45)30(51-21(6)39)33(36)52-22(7)40/h10-11,14,18-20,25-26,30-34,45,47H,12-13,15-17H2,1-9H3. The van der Waals surface area contributed by atoms with Crippen molar-refractivity contribution in [1.82, 2.24) is 0 Å². The first kappa shape index (κ1) is 43.4. The monoisotopic (exact) mass is 780 g/mol. The molecule has 17 heteroatoms. The fraction of sp³-hybridized carbons (Fsp3) is 0.711. The van der Waals surface area contributed by atoms with E-state index in [0.29, 0.717) is 0 Å². The molecule has 4 aliphatic rings. The maximum absolute atomic E-state index is 13.6. The topological polar surface area (TPSA) is 237 Å². The maximum atomic E-state index is 13.6. The molecule has 55 heavy (non-hydrogen) atoms. The summed E-state index contributed by atoms with van der Waals surface area (Å²) in [5, 5.41) is 24.8. The molecule has 306 valence electrons. The second-order valence-corrected chi connectivity index (χ2v) is 15.7. The largest absolute Gasteiger partial charge is 0.461 e. The van der Waals surface area contributed by atoms with Gasteiger partial charge >= 0.3 is 41.8 Å². The number of carbonyl (C=O) groups is 7. The van der Waals surface area contributed by atoms with Crippen molar-refractivity contribution < 1.29 is 81.7 Å².